The van der Waals surface area contributed by atoms with Crippen molar-refractivity contribution in [1.82, 2.24) is 0 Å². The normalized spacial score (nSPS) is 16.5. The van der Waals surface area contributed by atoms with E-state index < -0.39 is 8.07 Å². The minimum absolute atomic E-state index is 0.302. The van der Waals surface area contributed by atoms with E-state index in [0.29, 0.717) is 5.92 Å². The number of allylic oxidation sites excluding steroid dienone is 14. The molecule has 0 fully saturated rings. The molecule has 1 aliphatic heterocycles. The summed E-state index contributed by atoms with van der Waals surface area (Å²) in [5.41, 5.74) is 17.5. The molecular formula is C80H50Si. The first-order valence-electron chi connectivity index (χ1n) is 28.6. The van der Waals surface area contributed by atoms with Crippen molar-refractivity contribution in [3.8, 4) is 33.4 Å². The van der Waals surface area contributed by atoms with Crippen LogP contribution in [0.2, 0.25) is 0 Å². The van der Waals surface area contributed by atoms with Crippen molar-refractivity contribution in [1.29, 1.82) is 0 Å². The maximum atomic E-state index is 2.55. The molecule has 5 aliphatic rings. The third-order valence-electron chi connectivity index (χ3n) is 18.9. The third kappa shape index (κ3) is 6.30. The molecule has 0 radical (unpaired) electrons. The molecule has 1 atom stereocenters. The first-order chi connectivity index (χ1) is 40.2. The van der Waals surface area contributed by atoms with Gasteiger partial charge >= 0.3 is 0 Å². The van der Waals surface area contributed by atoms with E-state index in [9.17, 15) is 0 Å². The van der Waals surface area contributed by atoms with Gasteiger partial charge in [0.2, 0.25) is 0 Å². The van der Waals surface area contributed by atoms with Crippen molar-refractivity contribution in [2.24, 2.45) is 5.92 Å². The highest BCUT2D eigenvalue weighted by Crippen LogP contribution is 2.52. The van der Waals surface area contributed by atoms with Crippen LogP contribution in [-0.4, -0.2) is 8.07 Å². The summed E-state index contributed by atoms with van der Waals surface area (Å²) in [6.45, 7) is 0. The Morgan fingerprint density at radius 3 is 1.59 bits per heavy atom. The SMILES string of the molecule is C1=CC2=C3C(=CC=C4C(c5ccc6cc(-c7c8ccccc8c(-c8ccc9c(c8)c8ccccc8c8c%10c(ccc98)[Si](c8ccccc8)(c8ccccc8)c8cc9ccccc9cc8-%10)c8ccccc78)ccc6c5)=CC=C(C=C2)C43)C1. The van der Waals surface area contributed by atoms with Crippen LogP contribution in [0.5, 0.6) is 0 Å². The second kappa shape index (κ2) is 17.0. The van der Waals surface area contributed by atoms with Crippen LogP contribution in [0.3, 0.4) is 0 Å². The Bertz CT molecular complexity index is 5110. The van der Waals surface area contributed by atoms with Gasteiger partial charge in [0.05, 0.1) is 0 Å². The van der Waals surface area contributed by atoms with Crippen molar-refractivity contribution >= 4 is 110 Å². The molecule has 18 rings (SSSR count). The van der Waals surface area contributed by atoms with E-state index >= 15 is 0 Å². The van der Waals surface area contributed by atoms with Gasteiger partial charge in [0, 0.05) is 5.92 Å². The molecule has 0 aromatic heterocycles. The molecule has 1 unspecified atom stereocenters. The van der Waals surface area contributed by atoms with Crippen LogP contribution in [-0.2, 0) is 0 Å². The number of hydrogen-bond donors (Lipinski definition) is 0. The van der Waals surface area contributed by atoms with Crippen LogP contribution in [0.15, 0.2) is 313 Å². The molecule has 4 aliphatic carbocycles. The lowest BCUT2D eigenvalue weighted by Gasteiger charge is -2.37. The molecule has 13 aromatic rings. The van der Waals surface area contributed by atoms with E-state index in [-0.39, 0.29) is 0 Å². The van der Waals surface area contributed by atoms with Crippen molar-refractivity contribution in [3.63, 3.8) is 0 Å². The van der Waals surface area contributed by atoms with Gasteiger partial charge in [-0.2, -0.15) is 0 Å². The molecule has 0 saturated heterocycles. The van der Waals surface area contributed by atoms with Gasteiger partial charge < -0.3 is 0 Å². The molecule has 0 amide bonds. The highest BCUT2D eigenvalue weighted by molar-refractivity contribution is 7.22. The Balaban J connectivity index is 0.809. The molecule has 374 valence electrons. The van der Waals surface area contributed by atoms with Crippen LogP contribution in [0.25, 0.3) is 114 Å². The summed E-state index contributed by atoms with van der Waals surface area (Å²) in [4.78, 5) is 0. The summed E-state index contributed by atoms with van der Waals surface area (Å²) in [5.74, 6) is 0.302. The van der Waals surface area contributed by atoms with Crippen molar-refractivity contribution in [2.45, 2.75) is 6.42 Å². The molecule has 1 heteroatoms. The quantitative estimate of drug-likeness (QED) is 0.0915. The number of rotatable bonds is 5. The Morgan fingerprint density at radius 2 is 0.889 bits per heavy atom. The fourth-order valence-electron chi connectivity index (χ4n) is 15.5. The van der Waals surface area contributed by atoms with Crippen LogP contribution >= 0.6 is 0 Å². The topological polar surface area (TPSA) is 0 Å². The number of hydrogen-bond acceptors (Lipinski definition) is 0. The van der Waals surface area contributed by atoms with Crippen LogP contribution < -0.4 is 20.7 Å². The predicted octanol–water partition coefficient (Wildman–Crippen LogP) is 18.1. The summed E-state index contributed by atoms with van der Waals surface area (Å²) in [6.07, 6.45) is 19.7. The highest BCUT2D eigenvalue weighted by Gasteiger charge is 2.49. The predicted molar refractivity (Wildman–Crippen MR) is 348 cm³/mol. The van der Waals surface area contributed by atoms with Gasteiger partial charge in [0.25, 0.3) is 0 Å². The molecule has 0 nitrogen and oxygen atoms in total. The molecule has 0 spiro atoms. The van der Waals surface area contributed by atoms with Gasteiger partial charge in [0.1, 0.15) is 0 Å². The lowest BCUT2D eigenvalue weighted by Crippen LogP contribution is -2.72. The van der Waals surface area contributed by atoms with E-state index in [0.717, 1.165) is 6.42 Å². The lowest BCUT2D eigenvalue weighted by atomic mass is 9.66. The standard InChI is InChI=1S/C80H50Si/c1-3-20-59(21-4-1)81(60-22-5-2-6-23-60)73-43-42-70-63-40-38-58(47-71(63)62-24-9-10-25-64(62)79(70)80(73)72-46-52-16-7-8-17-53(52)48-74(72)81)77-67-28-13-11-26-65(67)76(66-27-12-14-29-68(66)77)57-35-33-54-44-56(34-32-55(54)45-57)61-39-36-51-31-30-49-18-15-19-50-37-41-69(61)78(51)75(49)50/h1-18,20-48,78H,19H2. The minimum Gasteiger partial charge on any atom is -0.0795 e. The van der Waals surface area contributed by atoms with E-state index in [1.165, 1.54) is 169 Å². The second-order valence-electron chi connectivity index (χ2n) is 22.9. The summed E-state index contributed by atoms with van der Waals surface area (Å²) in [5, 5.41) is 23.6. The molecule has 81 heavy (non-hydrogen) atoms. The smallest absolute Gasteiger partial charge is 0.0795 e. The van der Waals surface area contributed by atoms with E-state index in [1.807, 2.05) is 0 Å². The first-order valence-corrected chi connectivity index (χ1v) is 30.6. The Morgan fingerprint density at radius 1 is 0.346 bits per heavy atom. The second-order valence-corrected chi connectivity index (χ2v) is 26.6. The largest absolute Gasteiger partial charge is 0.180 e. The van der Waals surface area contributed by atoms with Gasteiger partial charge in [0.15, 0.2) is 8.07 Å². The zero-order valence-corrected chi connectivity index (χ0v) is 45.4. The van der Waals surface area contributed by atoms with Gasteiger partial charge in [-0.1, -0.05) is 261 Å². The van der Waals surface area contributed by atoms with Crippen LogP contribution in [0, 0.1) is 5.92 Å². The van der Waals surface area contributed by atoms with Crippen LogP contribution in [0.1, 0.15) is 12.0 Å². The lowest BCUT2D eigenvalue weighted by molar-refractivity contribution is 0.837. The van der Waals surface area contributed by atoms with E-state index in [2.05, 4.69) is 285 Å². The summed E-state index contributed by atoms with van der Waals surface area (Å²) < 4.78 is 0. The zero-order chi connectivity index (χ0) is 52.9. The van der Waals surface area contributed by atoms with Crippen molar-refractivity contribution in [2.75, 3.05) is 0 Å². The summed E-state index contributed by atoms with van der Waals surface area (Å²) in [6, 6.07) is 90.9. The summed E-state index contributed by atoms with van der Waals surface area (Å²) in [7, 11) is -2.80. The van der Waals surface area contributed by atoms with Gasteiger partial charge in [-0.3, -0.25) is 0 Å². The molecule has 0 bridgehead atoms. The average Bonchev–Trinajstić information content (AvgIpc) is 3.82. The Hall–Kier alpha value is -9.92. The first kappa shape index (κ1) is 45.0. The van der Waals surface area contributed by atoms with Gasteiger partial charge in [-0.05, 0) is 199 Å². The maximum Gasteiger partial charge on any atom is 0.180 e. The average molecular weight is 1040 g/mol. The Kier molecular flexibility index (Phi) is 9.47. The third-order valence-corrected chi connectivity index (χ3v) is 23.8. The highest BCUT2D eigenvalue weighted by atomic mass is 28.3. The number of fused-ring (bicyclic) bond motifs is 14. The number of benzene rings is 13. The van der Waals surface area contributed by atoms with Crippen LogP contribution in [0.4, 0.5) is 0 Å². The molecule has 13 aromatic carbocycles. The minimum atomic E-state index is -2.80. The van der Waals surface area contributed by atoms with Gasteiger partial charge in [-0.15, -0.1) is 0 Å². The fourth-order valence-corrected chi connectivity index (χ4v) is 20.7. The molecule has 1 heterocycles. The van der Waals surface area contributed by atoms with Gasteiger partial charge in [-0.25, -0.2) is 0 Å². The molecular weight excluding hydrogens is 989 g/mol. The molecule has 0 saturated carbocycles. The maximum absolute atomic E-state index is 2.80. The monoisotopic (exact) mass is 1040 g/mol. The zero-order valence-electron chi connectivity index (χ0n) is 44.4. The summed E-state index contributed by atoms with van der Waals surface area (Å²) >= 11 is 0. The van der Waals surface area contributed by atoms with Crippen molar-refractivity contribution < 1.29 is 0 Å². The van der Waals surface area contributed by atoms with E-state index in [1.54, 1.807) is 0 Å². The molecule has 0 N–H and O–H groups in total. The van der Waals surface area contributed by atoms with E-state index in [4.69, 9.17) is 0 Å². The van der Waals surface area contributed by atoms with Crippen molar-refractivity contribution in [3.05, 3.63) is 319 Å². The Labute approximate surface area is 471 Å². The fraction of sp³-hybridized carbons (Fsp3) is 0.0250.